The van der Waals surface area contributed by atoms with Crippen molar-refractivity contribution in [3.05, 3.63) is 103 Å². The molecule has 0 unspecified atom stereocenters. The van der Waals surface area contributed by atoms with Gasteiger partial charge in [-0.15, -0.1) is 0 Å². The Morgan fingerprint density at radius 2 is 1.29 bits per heavy atom. The highest BCUT2D eigenvalue weighted by Crippen LogP contribution is 2.39. The number of aromatic nitrogens is 1. The van der Waals surface area contributed by atoms with E-state index >= 15 is 0 Å². The van der Waals surface area contributed by atoms with Gasteiger partial charge >= 0.3 is 0 Å². The topological polar surface area (TPSA) is 39.1 Å². The van der Waals surface area contributed by atoms with Crippen LogP contribution in [0, 0.1) is 6.92 Å². The van der Waals surface area contributed by atoms with Gasteiger partial charge in [-0.2, -0.15) is 0 Å². The van der Waals surface area contributed by atoms with Crippen LogP contribution in [0.1, 0.15) is 5.56 Å². The van der Waals surface area contributed by atoms with Crippen molar-refractivity contribution in [2.24, 2.45) is 0 Å². The SMILES string of the molecule is Cc1c2ccc3ccccc3c2cc2c1c1ccccc1n2S(=O)(=O)c1ccccc1. The van der Waals surface area contributed by atoms with E-state index in [1.165, 1.54) is 3.97 Å². The van der Waals surface area contributed by atoms with Crippen molar-refractivity contribution in [3.63, 3.8) is 0 Å². The number of hydrogen-bond donors (Lipinski definition) is 0. The van der Waals surface area contributed by atoms with Crippen molar-refractivity contribution in [2.45, 2.75) is 11.8 Å². The molecule has 0 fully saturated rings. The molecule has 3 nitrogen and oxygen atoms in total. The van der Waals surface area contributed by atoms with Gasteiger partial charge in [0.05, 0.1) is 15.9 Å². The molecule has 6 aromatic rings. The second kappa shape index (κ2) is 6.43. The van der Waals surface area contributed by atoms with Gasteiger partial charge in [-0.1, -0.05) is 72.8 Å². The van der Waals surface area contributed by atoms with Gasteiger partial charge < -0.3 is 0 Å². The molecule has 4 heteroatoms. The molecule has 0 atom stereocenters. The molecule has 150 valence electrons. The lowest BCUT2D eigenvalue weighted by Gasteiger charge is -2.12. The van der Waals surface area contributed by atoms with E-state index in [2.05, 4.69) is 31.2 Å². The summed E-state index contributed by atoms with van der Waals surface area (Å²) in [5.74, 6) is 0. The van der Waals surface area contributed by atoms with Crippen molar-refractivity contribution in [1.82, 2.24) is 3.97 Å². The van der Waals surface area contributed by atoms with E-state index in [-0.39, 0.29) is 4.90 Å². The molecular weight excluding hydrogens is 402 g/mol. The zero-order chi connectivity index (χ0) is 21.2. The lowest BCUT2D eigenvalue weighted by Crippen LogP contribution is -2.12. The summed E-state index contributed by atoms with van der Waals surface area (Å²) in [6.07, 6.45) is 0. The maximum atomic E-state index is 13.8. The van der Waals surface area contributed by atoms with Crippen LogP contribution in [0.2, 0.25) is 0 Å². The van der Waals surface area contributed by atoms with Gasteiger partial charge in [0.15, 0.2) is 0 Å². The van der Waals surface area contributed by atoms with Crippen LogP contribution >= 0.6 is 0 Å². The van der Waals surface area contributed by atoms with E-state index in [0.717, 1.165) is 37.9 Å². The maximum absolute atomic E-state index is 13.8. The first-order valence-electron chi connectivity index (χ1n) is 10.2. The van der Waals surface area contributed by atoms with E-state index in [9.17, 15) is 8.42 Å². The van der Waals surface area contributed by atoms with Gasteiger partial charge in [0.1, 0.15) is 0 Å². The molecule has 5 aromatic carbocycles. The molecule has 0 aliphatic carbocycles. The Morgan fingerprint density at radius 1 is 0.613 bits per heavy atom. The molecule has 1 heterocycles. The van der Waals surface area contributed by atoms with Crippen LogP contribution in [-0.2, 0) is 10.0 Å². The third-order valence-corrected chi connectivity index (χ3v) is 7.92. The predicted molar refractivity (Wildman–Crippen MR) is 128 cm³/mol. The number of rotatable bonds is 2. The quantitative estimate of drug-likeness (QED) is 0.294. The molecule has 0 aliphatic heterocycles. The van der Waals surface area contributed by atoms with Crippen LogP contribution in [0.5, 0.6) is 0 Å². The summed E-state index contributed by atoms with van der Waals surface area (Å²) in [5, 5.41) is 6.41. The Labute approximate surface area is 180 Å². The molecular formula is C27H19NO2S. The first kappa shape index (κ1) is 18.2. The highest BCUT2D eigenvalue weighted by atomic mass is 32.2. The minimum Gasteiger partial charge on any atom is -0.233 e. The zero-order valence-corrected chi connectivity index (χ0v) is 17.7. The van der Waals surface area contributed by atoms with Gasteiger partial charge in [0, 0.05) is 10.8 Å². The van der Waals surface area contributed by atoms with Crippen LogP contribution in [0.15, 0.2) is 102 Å². The van der Waals surface area contributed by atoms with Crippen molar-refractivity contribution in [3.8, 4) is 0 Å². The summed E-state index contributed by atoms with van der Waals surface area (Å²) >= 11 is 0. The lowest BCUT2D eigenvalue weighted by molar-refractivity contribution is 0.590. The molecule has 6 rings (SSSR count). The van der Waals surface area contributed by atoms with E-state index in [0.29, 0.717) is 11.0 Å². The summed E-state index contributed by atoms with van der Waals surface area (Å²) in [6, 6.07) is 31.0. The smallest absolute Gasteiger partial charge is 0.233 e. The number of nitrogens with zero attached hydrogens (tertiary/aromatic N) is 1. The second-order valence-electron chi connectivity index (χ2n) is 7.88. The molecule has 0 spiro atoms. The van der Waals surface area contributed by atoms with Crippen LogP contribution in [-0.4, -0.2) is 12.4 Å². The average molecular weight is 422 g/mol. The van der Waals surface area contributed by atoms with E-state index in [1.54, 1.807) is 24.3 Å². The Hall–Kier alpha value is -3.63. The Bertz CT molecular complexity index is 1750. The highest BCUT2D eigenvalue weighted by Gasteiger charge is 2.24. The Morgan fingerprint density at radius 3 is 2.10 bits per heavy atom. The molecule has 0 saturated heterocycles. The molecule has 31 heavy (non-hydrogen) atoms. The van der Waals surface area contributed by atoms with Gasteiger partial charge in [-0.05, 0) is 58.3 Å². The average Bonchev–Trinajstić information content (AvgIpc) is 3.15. The maximum Gasteiger partial charge on any atom is 0.268 e. The van der Waals surface area contributed by atoms with Crippen molar-refractivity contribution in [1.29, 1.82) is 0 Å². The first-order chi connectivity index (χ1) is 15.1. The van der Waals surface area contributed by atoms with Crippen LogP contribution < -0.4 is 0 Å². The minimum atomic E-state index is -3.77. The summed E-state index contributed by atoms with van der Waals surface area (Å²) in [6.45, 7) is 2.09. The van der Waals surface area contributed by atoms with E-state index in [4.69, 9.17) is 0 Å². The molecule has 0 aliphatic rings. The number of hydrogen-bond acceptors (Lipinski definition) is 2. The fourth-order valence-corrected chi connectivity index (χ4v) is 6.30. The van der Waals surface area contributed by atoms with Gasteiger partial charge in [-0.3, -0.25) is 0 Å². The molecule has 0 radical (unpaired) electrons. The third-order valence-electron chi connectivity index (χ3n) is 6.18. The number of fused-ring (bicyclic) bond motifs is 6. The van der Waals surface area contributed by atoms with Crippen molar-refractivity contribution < 1.29 is 8.42 Å². The van der Waals surface area contributed by atoms with Gasteiger partial charge in [-0.25, -0.2) is 12.4 Å². The lowest BCUT2D eigenvalue weighted by atomic mass is 9.95. The zero-order valence-electron chi connectivity index (χ0n) is 16.9. The molecule has 0 saturated carbocycles. The predicted octanol–water partition coefficient (Wildman–Crippen LogP) is 6.65. The number of benzene rings is 5. The standard InChI is InChI=1S/C27H19NO2S/c1-18-21-16-15-19-9-5-6-12-22(19)24(21)17-26-27(18)23-13-7-8-14-25(23)28(26)31(29,30)20-10-3-2-4-11-20/h2-17H,1H3. The summed E-state index contributed by atoms with van der Waals surface area (Å²) < 4.78 is 29.1. The Balaban J connectivity index is 1.87. The van der Waals surface area contributed by atoms with Crippen molar-refractivity contribution in [2.75, 3.05) is 0 Å². The number of aryl methyl sites for hydroxylation is 1. The van der Waals surface area contributed by atoms with E-state index in [1.807, 2.05) is 48.5 Å². The summed E-state index contributed by atoms with van der Waals surface area (Å²) in [5.41, 5.74) is 2.51. The monoisotopic (exact) mass is 421 g/mol. The first-order valence-corrected chi connectivity index (χ1v) is 11.7. The van der Waals surface area contributed by atoms with Gasteiger partial charge in [0.2, 0.25) is 0 Å². The molecule has 0 N–H and O–H groups in total. The van der Waals surface area contributed by atoms with Crippen LogP contribution in [0.25, 0.3) is 43.4 Å². The summed E-state index contributed by atoms with van der Waals surface area (Å²) in [7, 11) is -3.77. The summed E-state index contributed by atoms with van der Waals surface area (Å²) in [4.78, 5) is 0.285. The minimum absolute atomic E-state index is 0.285. The molecule has 0 bridgehead atoms. The normalized spacial score (nSPS) is 12.3. The second-order valence-corrected chi connectivity index (χ2v) is 9.66. The van der Waals surface area contributed by atoms with Crippen LogP contribution in [0.3, 0.4) is 0 Å². The fourth-order valence-electron chi connectivity index (χ4n) is 4.76. The fraction of sp³-hybridized carbons (Fsp3) is 0.0370. The van der Waals surface area contributed by atoms with Gasteiger partial charge in [0.25, 0.3) is 10.0 Å². The van der Waals surface area contributed by atoms with Crippen molar-refractivity contribution >= 4 is 53.4 Å². The molecule has 0 amide bonds. The third kappa shape index (κ3) is 2.49. The largest absolute Gasteiger partial charge is 0.268 e. The van der Waals surface area contributed by atoms with E-state index < -0.39 is 10.0 Å². The Kier molecular flexibility index (Phi) is 3.77. The number of para-hydroxylation sites is 1. The highest BCUT2D eigenvalue weighted by molar-refractivity contribution is 7.90. The van der Waals surface area contributed by atoms with Crippen LogP contribution in [0.4, 0.5) is 0 Å². The molecule has 1 aromatic heterocycles.